The molecule has 1 heterocycles. The van der Waals surface area contributed by atoms with Gasteiger partial charge in [-0.2, -0.15) is 0 Å². The van der Waals surface area contributed by atoms with Gasteiger partial charge in [-0.05, 0) is 12.0 Å². The first-order valence-electron chi connectivity index (χ1n) is 7.44. The van der Waals surface area contributed by atoms with Gasteiger partial charge in [0.2, 0.25) is 0 Å². The lowest BCUT2D eigenvalue weighted by atomic mass is 9.92. The van der Waals surface area contributed by atoms with E-state index in [1.54, 1.807) is 6.08 Å². The molecule has 118 valence electrons. The number of Topliss-reactive ketones (excluding diaryl/α,β-unsaturated/α-hetero) is 1. The van der Waals surface area contributed by atoms with E-state index in [4.69, 9.17) is 9.47 Å². The van der Waals surface area contributed by atoms with Crippen molar-refractivity contribution in [2.24, 2.45) is 0 Å². The van der Waals surface area contributed by atoms with E-state index in [-0.39, 0.29) is 29.6 Å². The van der Waals surface area contributed by atoms with Crippen molar-refractivity contribution < 1.29 is 19.4 Å². The predicted octanol–water partition coefficient (Wildman–Crippen LogP) is 3.84. The number of phenolic OH excluding ortho intramolecular Hbond substituents is 1. The fourth-order valence-electron chi connectivity index (χ4n) is 2.89. The van der Waals surface area contributed by atoms with Gasteiger partial charge in [0.1, 0.15) is 28.9 Å². The molecule has 0 fully saturated rings. The molecule has 23 heavy (non-hydrogen) atoms. The molecule has 0 radical (unpaired) electrons. The van der Waals surface area contributed by atoms with Gasteiger partial charge in [0.05, 0.1) is 13.5 Å². The minimum atomic E-state index is -0.369. The third-order valence-corrected chi connectivity index (χ3v) is 3.97. The highest BCUT2D eigenvalue weighted by Crippen LogP contribution is 2.45. The Hall–Kier alpha value is -2.75. The quantitative estimate of drug-likeness (QED) is 0.872. The van der Waals surface area contributed by atoms with Crippen LogP contribution in [0.4, 0.5) is 0 Å². The molecule has 1 N–H and O–H groups in total. The lowest BCUT2D eigenvalue weighted by Gasteiger charge is -2.28. The summed E-state index contributed by atoms with van der Waals surface area (Å²) in [5.41, 5.74) is 1.89. The summed E-state index contributed by atoms with van der Waals surface area (Å²) >= 11 is 0. The van der Waals surface area contributed by atoms with Crippen LogP contribution in [-0.2, 0) is 6.42 Å². The smallest absolute Gasteiger partial charge is 0.174 e. The van der Waals surface area contributed by atoms with Crippen molar-refractivity contribution in [3.05, 3.63) is 65.7 Å². The Morgan fingerprint density at radius 2 is 2.13 bits per heavy atom. The van der Waals surface area contributed by atoms with E-state index in [0.29, 0.717) is 17.9 Å². The zero-order valence-corrected chi connectivity index (χ0v) is 12.9. The average molecular weight is 310 g/mol. The number of ketones is 1. The van der Waals surface area contributed by atoms with Gasteiger partial charge < -0.3 is 14.6 Å². The molecule has 2 aromatic carbocycles. The molecular weight excluding hydrogens is 292 g/mol. The van der Waals surface area contributed by atoms with Crippen molar-refractivity contribution in [1.29, 1.82) is 0 Å². The molecule has 0 aliphatic carbocycles. The summed E-state index contributed by atoms with van der Waals surface area (Å²) in [5, 5.41) is 10.2. The van der Waals surface area contributed by atoms with E-state index >= 15 is 0 Å². The van der Waals surface area contributed by atoms with Crippen molar-refractivity contribution in [1.82, 2.24) is 0 Å². The van der Waals surface area contributed by atoms with Crippen LogP contribution in [0.1, 0.15) is 34.0 Å². The Morgan fingerprint density at radius 1 is 1.39 bits per heavy atom. The Labute approximate surface area is 135 Å². The van der Waals surface area contributed by atoms with Crippen LogP contribution in [-0.4, -0.2) is 18.0 Å². The second kappa shape index (κ2) is 6.16. The van der Waals surface area contributed by atoms with Crippen LogP contribution < -0.4 is 9.47 Å². The van der Waals surface area contributed by atoms with E-state index in [1.165, 1.54) is 13.2 Å². The summed E-state index contributed by atoms with van der Waals surface area (Å²) in [6, 6.07) is 11.0. The molecule has 1 atom stereocenters. The molecule has 4 heteroatoms. The van der Waals surface area contributed by atoms with E-state index in [9.17, 15) is 9.90 Å². The van der Waals surface area contributed by atoms with Gasteiger partial charge in [0.25, 0.3) is 0 Å². The normalized spacial score (nSPS) is 16.4. The zero-order valence-electron chi connectivity index (χ0n) is 12.9. The van der Waals surface area contributed by atoms with Crippen molar-refractivity contribution in [2.45, 2.75) is 18.9 Å². The van der Waals surface area contributed by atoms with Crippen LogP contribution in [0, 0.1) is 0 Å². The van der Waals surface area contributed by atoms with Gasteiger partial charge in [-0.25, -0.2) is 0 Å². The highest BCUT2D eigenvalue weighted by molar-refractivity contribution is 6.03. The van der Waals surface area contributed by atoms with E-state index in [1.807, 2.05) is 30.3 Å². The number of fused-ring (bicyclic) bond motifs is 1. The number of allylic oxidation sites excluding steroid dienone is 1. The first kappa shape index (κ1) is 15.2. The van der Waals surface area contributed by atoms with Crippen molar-refractivity contribution in [2.75, 3.05) is 7.11 Å². The molecule has 1 aliphatic rings. The maximum atomic E-state index is 12.5. The van der Waals surface area contributed by atoms with Gasteiger partial charge in [0.15, 0.2) is 5.78 Å². The van der Waals surface area contributed by atoms with Gasteiger partial charge in [0, 0.05) is 11.6 Å². The molecule has 0 amide bonds. The number of phenols is 1. The number of hydrogen-bond acceptors (Lipinski definition) is 4. The molecule has 0 spiro atoms. The Kier molecular flexibility index (Phi) is 4.06. The minimum Gasteiger partial charge on any atom is -0.507 e. The molecule has 0 saturated heterocycles. The number of hydrogen-bond donors (Lipinski definition) is 1. The number of carbonyl (C=O) groups excluding carboxylic acids is 1. The second-order valence-corrected chi connectivity index (χ2v) is 5.42. The Balaban J connectivity index is 2.13. The van der Waals surface area contributed by atoms with E-state index < -0.39 is 0 Å². The highest BCUT2D eigenvalue weighted by Gasteiger charge is 2.33. The molecule has 1 aliphatic heterocycles. The van der Waals surface area contributed by atoms with Gasteiger partial charge in [-0.15, -0.1) is 6.58 Å². The lowest BCUT2D eigenvalue weighted by molar-refractivity contribution is 0.0842. The van der Waals surface area contributed by atoms with Crippen molar-refractivity contribution in [3.63, 3.8) is 0 Å². The van der Waals surface area contributed by atoms with Crippen LogP contribution in [0.15, 0.2) is 49.1 Å². The molecule has 0 bridgehead atoms. The summed E-state index contributed by atoms with van der Waals surface area (Å²) in [7, 11) is 1.52. The number of aromatic hydroxyl groups is 1. The molecule has 1 unspecified atom stereocenters. The predicted molar refractivity (Wildman–Crippen MR) is 87.3 cm³/mol. The first-order chi connectivity index (χ1) is 11.2. The molecule has 3 rings (SSSR count). The standard InChI is InChI=1S/C19H18O4/c1-3-7-13-17(22-2)11-15(21)18-14(20)10-16(23-19(13)18)12-8-5-4-6-9-12/h3-6,8-9,11,16,21H,1,7,10H2,2H3. The maximum Gasteiger partial charge on any atom is 0.174 e. The number of carbonyl (C=O) groups is 1. The van der Waals surface area contributed by atoms with Gasteiger partial charge >= 0.3 is 0 Å². The topological polar surface area (TPSA) is 55.8 Å². The zero-order chi connectivity index (χ0) is 16.4. The number of methoxy groups -OCH3 is 1. The lowest BCUT2D eigenvalue weighted by Crippen LogP contribution is -2.22. The molecule has 2 aromatic rings. The minimum absolute atomic E-state index is 0.110. The first-order valence-corrected chi connectivity index (χ1v) is 7.44. The van der Waals surface area contributed by atoms with Crippen molar-refractivity contribution in [3.8, 4) is 17.2 Å². The molecule has 4 nitrogen and oxygen atoms in total. The number of rotatable bonds is 4. The van der Waals surface area contributed by atoms with Gasteiger partial charge in [-0.1, -0.05) is 36.4 Å². The third-order valence-electron chi connectivity index (χ3n) is 3.97. The maximum absolute atomic E-state index is 12.5. The van der Waals surface area contributed by atoms with Crippen molar-refractivity contribution >= 4 is 5.78 Å². The number of ether oxygens (including phenoxy) is 2. The largest absolute Gasteiger partial charge is 0.507 e. The summed E-state index contributed by atoms with van der Waals surface area (Å²) in [5.74, 6) is 0.640. The van der Waals surface area contributed by atoms with Gasteiger partial charge in [-0.3, -0.25) is 4.79 Å². The summed E-state index contributed by atoms with van der Waals surface area (Å²) in [4.78, 5) is 12.5. The average Bonchev–Trinajstić information content (AvgIpc) is 2.57. The SMILES string of the molecule is C=CCc1c(OC)cc(O)c2c1OC(c1ccccc1)CC2=O. The third kappa shape index (κ3) is 2.68. The van der Waals surface area contributed by atoms with Crippen LogP contribution in [0.3, 0.4) is 0 Å². The molecule has 0 aromatic heterocycles. The fraction of sp³-hybridized carbons (Fsp3) is 0.211. The number of benzene rings is 2. The summed E-state index contributed by atoms with van der Waals surface area (Å²) in [6.45, 7) is 3.74. The van der Waals surface area contributed by atoms with Crippen LogP contribution in [0.2, 0.25) is 0 Å². The monoisotopic (exact) mass is 310 g/mol. The van der Waals surface area contributed by atoms with E-state index in [0.717, 1.165) is 11.1 Å². The van der Waals surface area contributed by atoms with Crippen LogP contribution in [0.25, 0.3) is 0 Å². The van der Waals surface area contributed by atoms with E-state index in [2.05, 4.69) is 6.58 Å². The summed E-state index contributed by atoms with van der Waals surface area (Å²) in [6.07, 6.45) is 2.03. The Bertz CT molecular complexity index is 750. The van der Waals surface area contributed by atoms with Crippen LogP contribution in [0.5, 0.6) is 17.2 Å². The van der Waals surface area contributed by atoms with Crippen LogP contribution >= 0.6 is 0 Å². The second-order valence-electron chi connectivity index (χ2n) is 5.42. The molecule has 0 saturated carbocycles. The fourth-order valence-corrected chi connectivity index (χ4v) is 2.89. The summed E-state index contributed by atoms with van der Waals surface area (Å²) < 4.78 is 11.4. The Morgan fingerprint density at radius 3 is 2.78 bits per heavy atom. The molecular formula is C19H18O4. The highest BCUT2D eigenvalue weighted by atomic mass is 16.5.